The van der Waals surface area contributed by atoms with Gasteiger partial charge < -0.3 is 5.32 Å². The summed E-state index contributed by atoms with van der Waals surface area (Å²) in [7, 11) is 0. The number of hydrogen-bond acceptors (Lipinski definition) is 1. The van der Waals surface area contributed by atoms with E-state index in [0.29, 0.717) is 5.56 Å². The lowest BCUT2D eigenvalue weighted by Crippen LogP contribution is -2.40. The van der Waals surface area contributed by atoms with E-state index in [4.69, 9.17) is 11.6 Å². The number of alkyl halides is 1. The minimum absolute atomic E-state index is 0.0389. The van der Waals surface area contributed by atoms with E-state index in [2.05, 4.69) is 43.8 Å². The van der Waals surface area contributed by atoms with Gasteiger partial charge in [-0.2, -0.15) is 0 Å². The molecule has 0 bridgehead atoms. The molecule has 19 heavy (non-hydrogen) atoms. The van der Waals surface area contributed by atoms with E-state index < -0.39 is 0 Å². The molecule has 0 aromatic heterocycles. The summed E-state index contributed by atoms with van der Waals surface area (Å²) in [6.07, 6.45) is 5.47. The SMILES string of the molecule is O=C(NC1CCCCCC1Cl)c1cc(I)ccc1Br. The Morgan fingerprint density at radius 3 is 2.84 bits per heavy atom. The van der Waals surface area contributed by atoms with Crippen molar-refractivity contribution in [3.05, 3.63) is 31.8 Å². The topological polar surface area (TPSA) is 29.1 Å². The Kier molecular flexibility index (Phi) is 5.96. The van der Waals surface area contributed by atoms with Gasteiger partial charge >= 0.3 is 0 Å². The fourth-order valence-electron chi connectivity index (χ4n) is 2.34. The van der Waals surface area contributed by atoms with Gasteiger partial charge in [-0.3, -0.25) is 4.79 Å². The second-order valence-electron chi connectivity index (χ2n) is 4.86. The zero-order valence-corrected chi connectivity index (χ0v) is 15.0. The minimum Gasteiger partial charge on any atom is -0.348 e. The number of rotatable bonds is 2. The Bertz CT molecular complexity index is 469. The summed E-state index contributed by atoms with van der Waals surface area (Å²) in [4.78, 5) is 12.3. The van der Waals surface area contributed by atoms with Crippen molar-refractivity contribution in [1.29, 1.82) is 0 Å². The fraction of sp³-hybridized carbons (Fsp3) is 0.500. The van der Waals surface area contributed by atoms with Crippen LogP contribution in [0.4, 0.5) is 0 Å². The molecule has 1 saturated carbocycles. The lowest BCUT2D eigenvalue weighted by atomic mass is 10.1. The molecule has 1 aliphatic carbocycles. The van der Waals surface area contributed by atoms with E-state index in [0.717, 1.165) is 33.7 Å². The summed E-state index contributed by atoms with van der Waals surface area (Å²) in [5.74, 6) is -0.0389. The average Bonchev–Trinajstić information content (AvgIpc) is 2.58. The zero-order valence-electron chi connectivity index (χ0n) is 10.5. The Hall–Kier alpha value is 0.190. The molecule has 1 aromatic rings. The molecule has 0 saturated heterocycles. The second kappa shape index (κ2) is 7.27. The highest BCUT2D eigenvalue weighted by atomic mass is 127. The maximum Gasteiger partial charge on any atom is 0.252 e. The second-order valence-corrected chi connectivity index (χ2v) is 7.52. The van der Waals surface area contributed by atoms with Crippen molar-refractivity contribution in [2.45, 2.75) is 43.5 Å². The van der Waals surface area contributed by atoms with E-state index in [1.54, 1.807) is 0 Å². The van der Waals surface area contributed by atoms with Crippen molar-refractivity contribution in [1.82, 2.24) is 5.32 Å². The van der Waals surface area contributed by atoms with Gasteiger partial charge in [0.1, 0.15) is 0 Å². The van der Waals surface area contributed by atoms with Crippen LogP contribution in [0.1, 0.15) is 42.5 Å². The first-order valence-corrected chi connectivity index (χ1v) is 8.79. The van der Waals surface area contributed by atoms with Gasteiger partial charge in [0.25, 0.3) is 5.91 Å². The van der Waals surface area contributed by atoms with E-state index in [9.17, 15) is 4.79 Å². The third kappa shape index (κ3) is 4.33. The minimum atomic E-state index is -0.0389. The first-order valence-electron chi connectivity index (χ1n) is 6.48. The van der Waals surface area contributed by atoms with E-state index >= 15 is 0 Å². The molecule has 5 heteroatoms. The van der Waals surface area contributed by atoms with Gasteiger partial charge in [-0.25, -0.2) is 0 Å². The van der Waals surface area contributed by atoms with Gasteiger partial charge in [-0.1, -0.05) is 19.3 Å². The molecule has 2 rings (SSSR count). The Labute approximate surface area is 140 Å². The predicted molar refractivity (Wildman–Crippen MR) is 90.8 cm³/mol. The number of halogens is 3. The number of hydrogen-bond donors (Lipinski definition) is 1. The van der Waals surface area contributed by atoms with Crippen LogP contribution >= 0.6 is 50.1 Å². The molecule has 0 aliphatic heterocycles. The average molecular weight is 457 g/mol. The molecule has 0 spiro atoms. The highest BCUT2D eigenvalue weighted by Crippen LogP contribution is 2.24. The standard InChI is InChI=1S/C14H16BrClINO/c15-11-7-6-9(17)8-10(11)14(19)18-13-5-3-1-2-4-12(13)16/h6-8,12-13H,1-5H2,(H,18,19). The molecule has 2 nitrogen and oxygen atoms in total. The van der Waals surface area contributed by atoms with Crippen molar-refractivity contribution in [2.75, 3.05) is 0 Å². The lowest BCUT2D eigenvalue weighted by Gasteiger charge is -2.21. The Balaban J connectivity index is 2.09. The molecular formula is C14H16BrClINO. The number of carbonyl (C=O) groups is 1. The van der Waals surface area contributed by atoms with Gasteiger partial charge in [0.2, 0.25) is 0 Å². The normalized spacial score (nSPS) is 23.7. The third-order valence-corrected chi connectivity index (χ3v) is 5.31. The summed E-state index contributed by atoms with van der Waals surface area (Å²) in [6, 6.07) is 5.85. The van der Waals surface area contributed by atoms with E-state index in [-0.39, 0.29) is 17.3 Å². The van der Waals surface area contributed by atoms with Crippen LogP contribution < -0.4 is 5.32 Å². The van der Waals surface area contributed by atoms with Crippen LogP contribution in [0.25, 0.3) is 0 Å². The quantitative estimate of drug-likeness (QED) is 0.389. The molecule has 1 fully saturated rings. The van der Waals surface area contributed by atoms with Crippen LogP contribution in [0.15, 0.2) is 22.7 Å². The van der Waals surface area contributed by atoms with Crippen molar-refractivity contribution in [3.8, 4) is 0 Å². The monoisotopic (exact) mass is 455 g/mol. The van der Waals surface area contributed by atoms with Gasteiger partial charge in [0, 0.05) is 14.1 Å². The van der Waals surface area contributed by atoms with E-state index in [1.807, 2.05) is 18.2 Å². The lowest BCUT2D eigenvalue weighted by molar-refractivity contribution is 0.0933. The largest absolute Gasteiger partial charge is 0.348 e. The van der Waals surface area contributed by atoms with E-state index in [1.165, 1.54) is 6.42 Å². The highest BCUT2D eigenvalue weighted by Gasteiger charge is 2.24. The first kappa shape index (κ1) is 15.6. The highest BCUT2D eigenvalue weighted by molar-refractivity contribution is 14.1. The fourth-order valence-corrected chi connectivity index (χ4v) is 3.60. The van der Waals surface area contributed by atoms with Crippen LogP contribution in [0.5, 0.6) is 0 Å². The van der Waals surface area contributed by atoms with Crippen LogP contribution in [-0.2, 0) is 0 Å². The van der Waals surface area contributed by atoms with Crippen LogP contribution in [0.2, 0.25) is 0 Å². The molecule has 1 amide bonds. The molecular weight excluding hydrogens is 440 g/mol. The summed E-state index contributed by atoms with van der Waals surface area (Å²) in [5.41, 5.74) is 0.681. The third-order valence-electron chi connectivity index (χ3n) is 3.42. The summed E-state index contributed by atoms with van der Waals surface area (Å²) in [6.45, 7) is 0. The molecule has 2 unspecified atom stereocenters. The van der Waals surface area contributed by atoms with Gasteiger partial charge in [0.15, 0.2) is 0 Å². The first-order chi connectivity index (χ1) is 9.08. The van der Waals surface area contributed by atoms with Crippen LogP contribution in [0.3, 0.4) is 0 Å². The molecule has 0 heterocycles. The Morgan fingerprint density at radius 2 is 2.05 bits per heavy atom. The molecule has 104 valence electrons. The number of benzene rings is 1. The maximum atomic E-state index is 12.3. The summed E-state index contributed by atoms with van der Waals surface area (Å²) < 4.78 is 1.87. The number of amides is 1. The molecule has 1 aromatic carbocycles. The van der Waals surface area contributed by atoms with Gasteiger partial charge in [-0.15, -0.1) is 11.6 Å². The van der Waals surface area contributed by atoms with Crippen molar-refractivity contribution in [2.24, 2.45) is 0 Å². The molecule has 1 N–H and O–H groups in total. The maximum absolute atomic E-state index is 12.3. The van der Waals surface area contributed by atoms with Crippen molar-refractivity contribution in [3.63, 3.8) is 0 Å². The van der Waals surface area contributed by atoms with Gasteiger partial charge in [-0.05, 0) is 69.6 Å². The zero-order chi connectivity index (χ0) is 13.8. The molecule has 2 atom stereocenters. The summed E-state index contributed by atoms with van der Waals surface area (Å²) in [5, 5.41) is 3.14. The summed E-state index contributed by atoms with van der Waals surface area (Å²) >= 11 is 12.0. The smallest absolute Gasteiger partial charge is 0.252 e. The Morgan fingerprint density at radius 1 is 1.32 bits per heavy atom. The number of carbonyl (C=O) groups excluding carboxylic acids is 1. The number of nitrogens with one attached hydrogen (secondary N) is 1. The van der Waals surface area contributed by atoms with Crippen molar-refractivity contribution < 1.29 is 4.79 Å². The molecule has 0 radical (unpaired) electrons. The van der Waals surface area contributed by atoms with Gasteiger partial charge in [0.05, 0.1) is 10.9 Å². The van der Waals surface area contributed by atoms with Crippen LogP contribution in [0, 0.1) is 3.57 Å². The predicted octanol–water partition coefficient (Wildman–Crippen LogP) is 4.72. The van der Waals surface area contributed by atoms with Crippen LogP contribution in [-0.4, -0.2) is 17.3 Å². The molecule has 1 aliphatic rings. The van der Waals surface area contributed by atoms with Crippen molar-refractivity contribution >= 4 is 56.0 Å².